The predicted molar refractivity (Wildman–Crippen MR) is 121 cm³/mol. The molecular weight excluding hydrogens is 406 g/mol. The lowest BCUT2D eigenvalue weighted by atomic mass is 9.91. The summed E-state index contributed by atoms with van der Waals surface area (Å²) < 4.78 is 3.15. The Bertz CT molecular complexity index is 1370. The highest BCUT2D eigenvalue weighted by atomic mass is 16.1. The predicted octanol–water partition coefficient (Wildman–Crippen LogP) is 2.54. The van der Waals surface area contributed by atoms with Gasteiger partial charge in [0.15, 0.2) is 0 Å². The van der Waals surface area contributed by atoms with E-state index >= 15 is 0 Å². The number of aromatic nitrogens is 6. The Morgan fingerprint density at radius 3 is 2.47 bits per heavy atom. The van der Waals surface area contributed by atoms with Gasteiger partial charge in [-0.15, -0.1) is 0 Å². The van der Waals surface area contributed by atoms with Gasteiger partial charge in [0.25, 0.3) is 11.1 Å². The molecule has 0 spiro atoms. The Morgan fingerprint density at radius 1 is 0.938 bits per heavy atom. The topological polar surface area (TPSA) is 108 Å². The Labute approximate surface area is 183 Å². The fourth-order valence-electron chi connectivity index (χ4n) is 4.26. The fourth-order valence-corrected chi connectivity index (χ4v) is 4.26. The van der Waals surface area contributed by atoms with Gasteiger partial charge in [-0.2, -0.15) is 5.10 Å². The number of hydrogen-bond donors (Lipinski definition) is 1. The van der Waals surface area contributed by atoms with Gasteiger partial charge < -0.3 is 5.32 Å². The van der Waals surface area contributed by atoms with Crippen molar-refractivity contribution in [2.45, 2.75) is 37.8 Å². The minimum absolute atomic E-state index is 0.0416. The molecular formula is C23H23N7O2. The van der Waals surface area contributed by atoms with E-state index in [0.29, 0.717) is 16.9 Å². The number of fused-ring (bicyclic) bond motifs is 1. The quantitative estimate of drug-likeness (QED) is 0.531. The molecule has 0 saturated heterocycles. The van der Waals surface area contributed by atoms with Gasteiger partial charge in [-0.3, -0.25) is 24.1 Å². The van der Waals surface area contributed by atoms with E-state index in [1.807, 2.05) is 12.1 Å². The van der Waals surface area contributed by atoms with Crippen molar-refractivity contribution in [1.82, 2.24) is 29.3 Å². The maximum atomic E-state index is 12.6. The van der Waals surface area contributed by atoms with Crippen molar-refractivity contribution in [3.63, 3.8) is 0 Å². The number of pyridine rings is 2. The summed E-state index contributed by atoms with van der Waals surface area (Å²) in [5.41, 5.74) is 2.08. The maximum absolute atomic E-state index is 12.6. The molecule has 9 nitrogen and oxygen atoms in total. The van der Waals surface area contributed by atoms with Crippen LogP contribution in [0.5, 0.6) is 0 Å². The van der Waals surface area contributed by atoms with Gasteiger partial charge in [0.1, 0.15) is 0 Å². The SMILES string of the molecule is Cn1c(NC2CCC(n3nc(-c4ccncc4)ccc3=O)CC2)nc2cnccc2c1=O. The molecule has 0 unspecified atom stereocenters. The number of anilines is 1. The average molecular weight is 429 g/mol. The Hall–Kier alpha value is -3.88. The second-order valence-corrected chi connectivity index (χ2v) is 8.08. The lowest BCUT2D eigenvalue weighted by Crippen LogP contribution is -2.34. The van der Waals surface area contributed by atoms with Gasteiger partial charge in [0.05, 0.1) is 28.8 Å². The van der Waals surface area contributed by atoms with E-state index in [4.69, 9.17) is 0 Å². The van der Waals surface area contributed by atoms with Crippen LogP contribution in [0, 0.1) is 0 Å². The highest BCUT2D eigenvalue weighted by molar-refractivity contribution is 5.77. The lowest BCUT2D eigenvalue weighted by molar-refractivity contribution is 0.303. The zero-order valence-corrected chi connectivity index (χ0v) is 17.7. The van der Waals surface area contributed by atoms with Crippen molar-refractivity contribution in [3.8, 4) is 11.3 Å². The Kier molecular flexibility index (Phi) is 5.22. The van der Waals surface area contributed by atoms with E-state index in [9.17, 15) is 9.59 Å². The smallest absolute Gasteiger partial charge is 0.267 e. The third-order valence-electron chi connectivity index (χ3n) is 6.06. The molecule has 1 saturated carbocycles. The van der Waals surface area contributed by atoms with E-state index in [-0.39, 0.29) is 23.2 Å². The van der Waals surface area contributed by atoms with E-state index in [0.717, 1.165) is 36.9 Å². The first-order valence-corrected chi connectivity index (χ1v) is 10.7. The van der Waals surface area contributed by atoms with Crippen LogP contribution in [-0.2, 0) is 7.05 Å². The van der Waals surface area contributed by atoms with Crippen molar-refractivity contribution in [2.75, 3.05) is 5.32 Å². The number of nitrogens with one attached hydrogen (secondary N) is 1. The molecule has 4 aromatic heterocycles. The third-order valence-corrected chi connectivity index (χ3v) is 6.06. The summed E-state index contributed by atoms with van der Waals surface area (Å²) in [6.07, 6.45) is 9.95. The summed E-state index contributed by atoms with van der Waals surface area (Å²) in [5, 5.41) is 8.59. The van der Waals surface area contributed by atoms with Crippen molar-refractivity contribution in [3.05, 3.63) is 75.8 Å². The van der Waals surface area contributed by atoms with E-state index in [1.54, 1.807) is 59.3 Å². The van der Waals surface area contributed by atoms with Crippen LogP contribution in [0.15, 0.2) is 64.7 Å². The van der Waals surface area contributed by atoms with Crippen LogP contribution in [0.3, 0.4) is 0 Å². The highest BCUT2D eigenvalue weighted by Crippen LogP contribution is 2.29. The molecule has 0 amide bonds. The van der Waals surface area contributed by atoms with E-state index < -0.39 is 0 Å². The molecule has 0 bridgehead atoms. The standard InChI is InChI=1S/C23H23N7O2/c1-29-22(32)18-10-13-25-14-20(18)27-23(29)26-16-2-4-17(5-3-16)30-21(31)7-6-19(28-30)15-8-11-24-12-9-15/h6-14,16-17H,2-5H2,1H3,(H,26,27). The van der Waals surface area contributed by atoms with Crippen molar-refractivity contribution < 1.29 is 0 Å². The normalized spacial score (nSPS) is 18.5. The van der Waals surface area contributed by atoms with Crippen LogP contribution in [0.4, 0.5) is 5.95 Å². The van der Waals surface area contributed by atoms with Gasteiger partial charge in [0, 0.05) is 43.3 Å². The third kappa shape index (κ3) is 3.77. The number of rotatable bonds is 4. The van der Waals surface area contributed by atoms with Gasteiger partial charge in [-0.25, -0.2) is 9.67 Å². The summed E-state index contributed by atoms with van der Waals surface area (Å²) in [6.45, 7) is 0. The van der Waals surface area contributed by atoms with Crippen LogP contribution >= 0.6 is 0 Å². The fraction of sp³-hybridized carbons (Fsp3) is 0.304. The van der Waals surface area contributed by atoms with E-state index in [1.165, 1.54) is 0 Å². The van der Waals surface area contributed by atoms with Crippen LogP contribution in [0.2, 0.25) is 0 Å². The van der Waals surface area contributed by atoms with Crippen LogP contribution < -0.4 is 16.4 Å². The minimum atomic E-state index is -0.0998. The minimum Gasteiger partial charge on any atom is -0.353 e. The second-order valence-electron chi connectivity index (χ2n) is 8.08. The maximum Gasteiger partial charge on any atom is 0.267 e. The molecule has 5 rings (SSSR count). The molecule has 9 heteroatoms. The van der Waals surface area contributed by atoms with Gasteiger partial charge in [-0.1, -0.05) is 0 Å². The zero-order valence-electron chi connectivity index (χ0n) is 17.7. The monoisotopic (exact) mass is 429 g/mol. The summed E-state index contributed by atoms with van der Waals surface area (Å²) in [5.74, 6) is 0.536. The summed E-state index contributed by atoms with van der Waals surface area (Å²) in [4.78, 5) is 37.8. The largest absolute Gasteiger partial charge is 0.353 e. The van der Waals surface area contributed by atoms with Crippen LogP contribution in [-0.4, -0.2) is 35.3 Å². The second kappa shape index (κ2) is 8.33. The first-order valence-electron chi connectivity index (χ1n) is 10.7. The van der Waals surface area contributed by atoms with Crippen molar-refractivity contribution in [2.24, 2.45) is 7.05 Å². The molecule has 0 radical (unpaired) electrons. The molecule has 32 heavy (non-hydrogen) atoms. The summed E-state index contributed by atoms with van der Waals surface area (Å²) >= 11 is 0. The molecule has 162 valence electrons. The Morgan fingerprint density at radius 2 is 1.69 bits per heavy atom. The first-order chi connectivity index (χ1) is 15.6. The van der Waals surface area contributed by atoms with Crippen molar-refractivity contribution >= 4 is 16.9 Å². The lowest BCUT2D eigenvalue weighted by Gasteiger charge is -2.30. The summed E-state index contributed by atoms with van der Waals surface area (Å²) in [7, 11) is 1.72. The molecule has 1 N–H and O–H groups in total. The van der Waals surface area contributed by atoms with Crippen molar-refractivity contribution in [1.29, 1.82) is 0 Å². The molecule has 1 aliphatic rings. The highest BCUT2D eigenvalue weighted by Gasteiger charge is 2.25. The Balaban J connectivity index is 1.32. The average Bonchev–Trinajstić information content (AvgIpc) is 2.84. The van der Waals surface area contributed by atoms with Crippen LogP contribution in [0.1, 0.15) is 31.7 Å². The van der Waals surface area contributed by atoms with Crippen LogP contribution in [0.25, 0.3) is 22.2 Å². The zero-order chi connectivity index (χ0) is 22.1. The summed E-state index contributed by atoms with van der Waals surface area (Å²) in [6, 6.07) is 8.99. The van der Waals surface area contributed by atoms with Gasteiger partial charge >= 0.3 is 0 Å². The molecule has 0 atom stereocenters. The van der Waals surface area contributed by atoms with Gasteiger partial charge in [0.2, 0.25) is 5.95 Å². The number of nitrogens with zero attached hydrogens (tertiary/aromatic N) is 6. The molecule has 0 aromatic carbocycles. The first kappa shape index (κ1) is 20.0. The molecule has 4 heterocycles. The number of hydrogen-bond acceptors (Lipinski definition) is 7. The molecule has 4 aromatic rings. The molecule has 0 aliphatic heterocycles. The van der Waals surface area contributed by atoms with Gasteiger partial charge in [-0.05, 0) is 49.9 Å². The molecule has 1 fully saturated rings. The van der Waals surface area contributed by atoms with E-state index in [2.05, 4.69) is 25.4 Å². The molecule has 1 aliphatic carbocycles.